The highest BCUT2D eigenvalue weighted by atomic mass is 32.1. The first kappa shape index (κ1) is 20.2. The lowest BCUT2D eigenvalue weighted by Crippen LogP contribution is -2.24. The highest BCUT2D eigenvalue weighted by Gasteiger charge is 2.19. The first-order valence-corrected chi connectivity index (χ1v) is 10.6. The zero-order chi connectivity index (χ0) is 21.1. The van der Waals surface area contributed by atoms with Gasteiger partial charge in [-0.2, -0.15) is 0 Å². The van der Waals surface area contributed by atoms with E-state index in [1.165, 1.54) is 24.3 Å². The summed E-state index contributed by atoms with van der Waals surface area (Å²) in [6, 6.07) is 6.96. The molecular formula is C21H21FN4O3S. The number of hydrogen-bond donors (Lipinski definition) is 2. The Labute approximate surface area is 176 Å². The van der Waals surface area contributed by atoms with Crippen LogP contribution in [0.3, 0.4) is 0 Å². The minimum absolute atomic E-state index is 0.0177. The lowest BCUT2D eigenvalue weighted by atomic mass is 9.98. The van der Waals surface area contributed by atoms with Crippen molar-refractivity contribution >= 4 is 44.4 Å². The van der Waals surface area contributed by atoms with E-state index in [0.717, 1.165) is 54.1 Å². The molecule has 1 aliphatic carbocycles. The van der Waals surface area contributed by atoms with Crippen LogP contribution in [0.5, 0.6) is 0 Å². The molecule has 1 aliphatic rings. The summed E-state index contributed by atoms with van der Waals surface area (Å²) >= 11 is 1.34. The first-order chi connectivity index (χ1) is 14.5. The predicted octanol–water partition coefficient (Wildman–Crippen LogP) is 5.34. The summed E-state index contributed by atoms with van der Waals surface area (Å²) in [5, 5.41) is 5.67. The Kier molecular flexibility index (Phi) is 5.89. The maximum Gasteiger partial charge on any atom is 0.411 e. The number of amides is 2. The molecule has 0 unspecified atom stereocenters. The van der Waals surface area contributed by atoms with E-state index in [-0.39, 0.29) is 17.7 Å². The van der Waals surface area contributed by atoms with Crippen LogP contribution in [0.4, 0.5) is 20.0 Å². The number of halogens is 1. The van der Waals surface area contributed by atoms with Crippen LogP contribution < -0.4 is 10.6 Å². The average Bonchev–Trinajstić information content (AvgIpc) is 3.11. The Bertz CT molecular complexity index is 1100. The Hall–Kier alpha value is -3.07. The SMILES string of the molecule is CC(=O)Nc1nc2ccc(-c3cc(NC(=O)OC4CCCCC4)c(F)cn3)cc2s1. The molecule has 0 bridgehead atoms. The number of carbonyl (C=O) groups is 2. The number of aromatic nitrogens is 2. The molecule has 1 fully saturated rings. The van der Waals surface area contributed by atoms with Crippen molar-refractivity contribution < 1.29 is 18.7 Å². The minimum Gasteiger partial charge on any atom is -0.446 e. The molecular weight excluding hydrogens is 407 g/mol. The van der Waals surface area contributed by atoms with Gasteiger partial charge in [0.05, 0.1) is 27.8 Å². The van der Waals surface area contributed by atoms with Gasteiger partial charge in [0.25, 0.3) is 0 Å². The number of hydrogen-bond acceptors (Lipinski definition) is 6. The Balaban J connectivity index is 1.53. The van der Waals surface area contributed by atoms with Crippen molar-refractivity contribution in [2.24, 2.45) is 0 Å². The van der Waals surface area contributed by atoms with Crippen LogP contribution in [-0.4, -0.2) is 28.1 Å². The molecule has 30 heavy (non-hydrogen) atoms. The molecule has 0 atom stereocenters. The van der Waals surface area contributed by atoms with Crippen molar-refractivity contribution in [3.63, 3.8) is 0 Å². The molecule has 156 valence electrons. The second-order valence-electron chi connectivity index (χ2n) is 7.22. The van der Waals surface area contributed by atoms with Gasteiger partial charge in [0.2, 0.25) is 5.91 Å². The van der Waals surface area contributed by atoms with E-state index < -0.39 is 11.9 Å². The lowest BCUT2D eigenvalue weighted by Gasteiger charge is -2.22. The number of carbonyl (C=O) groups excluding carboxylic acids is 2. The van der Waals surface area contributed by atoms with Crippen molar-refractivity contribution in [3.8, 4) is 11.3 Å². The molecule has 0 radical (unpaired) electrons. The van der Waals surface area contributed by atoms with Crippen molar-refractivity contribution in [2.75, 3.05) is 10.6 Å². The number of benzene rings is 1. The molecule has 1 aromatic carbocycles. The molecule has 1 saturated carbocycles. The Morgan fingerprint density at radius 1 is 1.17 bits per heavy atom. The van der Waals surface area contributed by atoms with E-state index in [4.69, 9.17) is 4.74 Å². The summed E-state index contributed by atoms with van der Waals surface area (Å²) < 4.78 is 20.5. The molecule has 7 nitrogen and oxygen atoms in total. The molecule has 0 aliphatic heterocycles. The van der Waals surface area contributed by atoms with E-state index in [9.17, 15) is 14.0 Å². The topological polar surface area (TPSA) is 93.2 Å². The molecule has 3 aromatic rings. The first-order valence-electron chi connectivity index (χ1n) is 9.79. The monoisotopic (exact) mass is 428 g/mol. The molecule has 0 spiro atoms. The fourth-order valence-electron chi connectivity index (χ4n) is 3.45. The van der Waals surface area contributed by atoms with E-state index in [0.29, 0.717) is 10.8 Å². The fraction of sp³-hybridized carbons (Fsp3) is 0.333. The zero-order valence-corrected chi connectivity index (χ0v) is 17.2. The molecule has 0 saturated heterocycles. The third kappa shape index (κ3) is 4.73. The quantitative estimate of drug-likeness (QED) is 0.585. The van der Waals surface area contributed by atoms with Crippen LogP contribution in [0.2, 0.25) is 0 Å². The maximum absolute atomic E-state index is 14.2. The second kappa shape index (κ2) is 8.74. The number of fused-ring (bicyclic) bond motifs is 1. The Morgan fingerprint density at radius 2 is 1.97 bits per heavy atom. The summed E-state index contributed by atoms with van der Waals surface area (Å²) in [5.74, 6) is -0.823. The highest BCUT2D eigenvalue weighted by molar-refractivity contribution is 7.22. The number of ether oxygens (including phenoxy) is 1. The molecule has 2 N–H and O–H groups in total. The molecule has 2 amide bonds. The summed E-state index contributed by atoms with van der Waals surface area (Å²) in [6.45, 7) is 1.42. The molecule has 2 heterocycles. The average molecular weight is 428 g/mol. The molecule has 2 aromatic heterocycles. The largest absolute Gasteiger partial charge is 0.446 e. The highest BCUT2D eigenvalue weighted by Crippen LogP contribution is 2.31. The zero-order valence-electron chi connectivity index (χ0n) is 16.4. The summed E-state index contributed by atoms with van der Waals surface area (Å²) in [5.41, 5.74) is 2.00. The van der Waals surface area contributed by atoms with Gasteiger partial charge in [-0.1, -0.05) is 23.8 Å². The van der Waals surface area contributed by atoms with Crippen LogP contribution in [0.15, 0.2) is 30.5 Å². The van der Waals surface area contributed by atoms with E-state index in [1.54, 1.807) is 0 Å². The van der Waals surface area contributed by atoms with Crippen LogP contribution in [0.25, 0.3) is 21.5 Å². The number of nitrogens with zero attached hydrogens (tertiary/aromatic N) is 2. The van der Waals surface area contributed by atoms with E-state index in [1.807, 2.05) is 18.2 Å². The van der Waals surface area contributed by atoms with Crippen LogP contribution >= 0.6 is 11.3 Å². The van der Waals surface area contributed by atoms with Gasteiger partial charge < -0.3 is 10.1 Å². The van der Waals surface area contributed by atoms with Gasteiger partial charge >= 0.3 is 6.09 Å². The molecule has 4 rings (SSSR count). The smallest absolute Gasteiger partial charge is 0.411 e. The van der Waals surface area contributed by atoms with Gasteiger partial charge in [-0.05, 0) is 43.9 Å². The van der Waals surface area contributed by atoms with Gasteiger partial charge in [0.1, 0.15) is 6.10 Å². The van der Waals surface area contributed by atoms with Crippen LogP contribution in [-0.2, 0) is 9.53 Å². The van der Waals surface area contributed by atoms with Crippen molar-refractivity contribution in [2.45, 2.75) is 45.1 Å². The van der Waals surface area contributed by atoms with E-state index >= 15 is 0 Å². The number of anilines is 2. The van der Waals surface area contributed by atoms with Gasteiger partial charge in [-0.3, -0.25) is 15.1 Å². The lowest BCUT2D eigenvalue weighted by molar-refractivity contribution is -0.114. The minimum atomic E-state index is -0.657. The number of pyridine rings is 1. The number of nitrogens with one attached hydrogen (secondary N) is 2. The third-order valence-electron chi connectivity index (χ3n) is 4.89. The normalized spacial score (nSPS) is 14.5. The van der Waals surface area contributed by atoms with Crippen molar-refractivity contribution in [3.05, 3.63) is 36.3 Å². The number of thiazole rings is 1. The second-order valence-corrected chi connectivity index (χ2v) is 8.25. The van der Waals surface area contributed by atoms with Gasteiger partial charge in [0, 0.05) is 12.5 Å². The van der Waals surface area contributed by atoms with Crippen LogP contribution in [0, 0.1) is 5.82 Å². The van der Waals surface area contributed by atoms with Crippen molar-refractivity contribution in [1.82, 2.24) is 9.97 Å². The summed E-state index contributed by atoms with van der Waals surface area (Å²) in [7, 11) is 0. The van der Waals surface area contributed by atoms with E-state index in [2.05, 4.69) is 20.6 Å². The van der Waals surface area contributed by atoms with Gasteiger partial charge in [-0.15, -0.1) is 0 Å². The number of rotatable bonds is 4. The van der Waals surface area contributed by atoms with Gasteiger partial charge in [0.15, 0.2) is 10.9 Å². The maximum atomic E-state index is 14.2. The molecule has 9 heteroatoms. The van der Waals surface area contributed by atoms with Crippen molar-refractivity contribution in [1.29, 1.82) is 0 Å². The predicted molar refractivity (Wildman–Crippen MR) is 114 cm³/mol. The van der Waals surface area contributed by atoms with Gasteiger partial charge in [-0.25, -0.2) is 14.2 Å². The third-order valence-corrected chi connectivity index (χ3v) is 5.82. The summed E-state index contributed by atoms with van der Waals surface area (Å²) in [6.07, 6.45) is 5.21. The standard InChI is InChI=1S/C21H21FN4O3S/c1-12(27)24-20-25-16-8-7-13(9-19(16)30-20)17-10-18(15(22)11-23-17)26-21(28)29-14-5-3-2-4-6-14/h7-11,14H,2-6H2,1H3,(H,23,26,28)(H,24,25,27). The van der Waals surface area contributed by atoms with Crippen LogP contribution in [0.1, 0.15) is 39.0 Å². The fourth-order valence-corrected chi connectivity index (χ4v) is 4.41. The Morgan fingerprint density at radius 3 is 2.73 bits per heavy atom. The summed E-state index contributed by atoms with van der Waals surface area (Å²) in [4.78, 5) is 31.9.